The number of aromatic nitrogens is 1. The Bertz CT molecular complexity index is 707. The predicted octanol–water partition coefficient (Wildman–Crippen LogP) is 2.65. The van der Waals surface area contributed by atoms with Gasteiger partial charge in [0.25, 0.3) is 0 Å². The summed E-state index contributed by atoms with van der Waals surface area (Å²) in [5, 5.41) is 23.8. The van der Waals surface area contributed by atoms with Crippen LogP contribution in [0.25, 0.3) is 10.2 Å². The van der Waals surface area contributed by atoms with Gasteiger partial charge in [-0.25, -0.2) is 4.79 Å². The molecule has 1 N–H and O–H groups in total. The van der Waals surface area contributed by atoms with Crippen molar-refractivity contribution in [2.45, 2.75) is 13.3 Å². The van der Waals surface area contributed by atoms with Gasteiger partial charge in [-0.2, -0.15) is 4.98 Å². The molecule has 0 spiro atoms. The Morgan fingerprint density at radius 1 is 1.63 bits per heavy atom. The average Bonchev–Trinajstić information content (AvgIpc) is 2.83. The van der Waals surface area contributed by atoms with Crippen LogP contribution in [0.3, 0.4) is 0 Å². The fourth-order valence-corrected chi connectivity index (χ4v) is 3.10. The highest BCUT2D eigenvalue weighted by atomic mass is 32.1. The molecule has 1 aliphatic rings. The van der Waals surface area contributed by atoms with Crippen molar-refractivity contribution in [3.63, 3.8) is 0 Å². The minimum absolute atomic E-state index is 0.141. The first-order valence-electron chi connectivity index (χ1n) is 5.95. The summed E-state index contributed by atoms with van der Waals surface area (Å²) in [6.45, 7) is 1.96. The van der Waals surface area contributed by atoms with Gasteiger partial charge in [0.2, 0.25) is 5.82 Å². The number of quaternary nitrogens is 1. The Morgan fingerprint density at radius 3 is 3.11 bits per heavy atom. The van der Waals surface area contributed by atoms with Gasteiger partial charge in [0.05, 0.1) is 22.3 Å². The molecule has 1 unspecified atom stereocenters. The second kappa shape index (κ2) is 4.12. The third-order valence-electron chi connectivity index (χ3n) is 3.34. The number of nitrogens with zero attached hydrogens (tertiary/aromatic N) is 2. The molecule has 0 fully saturated rings. The van der Waals surface area contributed by atoms with Gasteiger partial charge in [0.15, 0.2) is 0 Å². The van der Waals surface area contributed by atoms with Gasteiger partial charge >= 0.3 is 5.97 Å². The number of rotatable bonds is 2. The molecule has 1 atom stereocenters. The topological polar surface area (TPSA) is 73.2 Å². The molecule has 19 heavy (non-hydrogen) atoms. The molecule has 3 rings (SSSR count). The maximum Gasteiger partial charge on any atom is 0.337 e. The van der Waals surface area contributed by atoms with Crippen molar-refractivity contribution >= 4 is 33.3 Å². The Kier molecular flexibility index (Phi) is 2.67. The molecular formula is C13H12N2O3S. The lowest BCUT2D eigenvalue weighted by molar-refractivity contribution is -0.132. The third kappa shape index (κ3) is 1.85. The van der Waals surface area contributed by atoms with Crippen LogP contribution in [0.1, 0.15) is 12.5 Å². The lowest BCUT2D eigenvalue weighted by Gasteiger charge is -2.39. The normalized spacial score (nSPS) is 22.1. The standard InChI is InChI=1S/C13H12N2O3S/c1-2-15(18)7-9(13(16)17)5-8-6-11-10(3-4-19-11)14-12(8)15/h3-4,6-7H,2,5H2,1H3,(H,16,17). The number of carbonyl (C=O) groups is 1. The van der Waals surface area contributed by atoms with Crippen molar-refractivity contribution in [2.24, 2.45) is 0 Å². The van der Waals surface area contributed by atoms with Crippen LogP contribution in [0.5, 0.6) is 0 Å². The Balaban J connectivity index is 2.24. The SMILES string of the molecule is CC[N+]1([O-])C=C(C(=O)O)Cc2cc3sccc3nc21. The Morgan fingerprint density at radius 2 is 2.42 bits per heavy atom. The lowest BCUT2D eigenvalue weighted by Crippen LogP contribution is -2.41. The summed E-state index contributed by atoms with van der Waals surface area (Å²) in [5.41, 5.74) is 1.65. The van der Waals surface area contributed by atoms with Crippen molar-refractivity contribution in [3.8, 4) is 0 Å². The number of hydrogen-bond donors (Lipinski definition) is 1. The molecule has 0 aromatic carbocycles. The molecule has 98 valence electrons. The molecule has 3 heterocycles. The zero-order valence-electron chi connectivity index (χ0n) is 10.3. The first kappa shape index (κ1) is 12.3. The first-order chi connectivity index (χ1) is 9.03. The molecule has 0 bridgehead atoms. The van der Waals surface area contributed by atoms with Crippen LogP contribution < -0.4 is 4.65 Å². The summed E-state index contributed by atoms with van der Waals surface area (Å²) in [6, 6.07) is 3.76. The molecule has 2 aromatic heterocycles. The Labute approximate surface area is 113 Å². The summed E-state index contributed by atoms with van der Waals surface area (Å²) in [7, 11) is 0. The van der Waals surface area contributed by atoms with Gasteiger partial charge in [0.1, 0.15) is 6.20 Å². The van der Waals surface area contributed by atoms with Crippen molar-refractivity contribution in [1.82, 2.24) is 9.63 Å². The van der Waals surface area contributed by atoms with E-state index in [1.165, 1.54) is 17.5 Å². The monoisotopic (exact) mass is 276 g/mol. The molecule has 0 saturated heterocycles. The number of thiophene rings is 1. The summed E-state index contributed by atoms with van der Waals surface area (Å²) >= 11 is 1.54. The van der Waals surface area contributed by atoms with Gasteiger partial charge < -0.3 is 10.3 Å². The molecule has 0 amide bonds. The van der Waals surface area contributed by atoms with Gasteiger partial charge in [-0.1, -0.05) is 0 Å². The molecule has 0 radical (unpaired) electrons. The highest BCUT2D eigenvalue weighted by Crippen LogP contribution is 2.36. The van der Waals surface area contributed by atoms with E-state index in [0.717, 1.165) is 10.2 Å². The number of carboxylic acid groups (broad SMARTS) is 1. The second-order valence-electron chi connectivity index (χ2n) is 4.52. The van der Waals surface area contributed by atoms with Gasteiger partial charge in [-0.3, -0.25) is 4.65 Å². The van der Waals surface area contributed by atoms with E-state index in [1.54, 1.807) is 6.92 Å². The van der Waals surface area contributed by atoms with Crippen LogP contribution in [0, 0.1) is 5.21 Å². The van der Waals surface area contributed by atoms with Crippen LogP contribution >= 0.6 is 11.3 Å². The first-order valence-corrected chi connectivity index (χ1v) is 6.83. The van der Waals surface area contributed by atoms with Crippen LogP contribution in [-0.4, -0.2) is 22.6 Å². The summed E-state index contributed by atoms with van der Waals surface area (Å²) in [6.07, 6.45) is 1.52. The van der Waals surface area contributed by atoms with E-state index < -0.39 is 10.6 Å². The summed E-state index contributed by atoms with van der Waals surface area (Å²) in [4.78, 5) is 15.6. The smallest absolute Gasteiger partial charge is 0.337 e. The van der Waals surface area contributed by atoms with E-state index in [1.807, 2.05) is 17.5 Å². The molecule has 5 nitrogen and oxygen atoms in total. The third-order valence-corrected chi connectivity index (χ3v) is 4.19. The highest BCUT2D eigenvalue weighted by molar-refractivity contribution is 7.17. The lowest BCUT2D eigenvalue weighted by atomic mass is 10.0. The number of carboxylic acids is 1. The zero-order chi connectivity index (χ0) is 13.6. The second-order valence-corrected chi connectivity index (χ2v) is 5.47. The number of fused-ring (bicyclic) bond motifs is 2. The van der Waals surface area contributed by atoms with Crippen LogP contribution in [0.4, 0.5) is 5.82 Å². The van der Waals surface area contributed by atoms with Crippen LogP contribution in [0.15, 0.2) is 29.3 Å². The van der Waals surface area contributed by atoms with Crippen molar-refractivity contribution < 1.29 is 9.90 Å². The largest absolute Gasteiger partial charge is 0.621 e. The van der Waals surface area contributed by atoms with Crippen molar-refractivity contribution in [1.29, 1.82) is 0 Å². The summed E-state index contributed by atoms with van der Waals surface area (Å²) in [5.74, 6) is -0.623. The van der Waals surface area contributed by atoms with Gasteiger partial charge in [-0.15, -0.1) is 11.3 Å². The van der Waals surface area contributed by atoms with Crippen molar-refractivity contribution in [2.75, 3.05) is 6.54 Å². The Hall–Kier alpha value is -1.76. The zero-order valence-corrected chi connectivity index (χ0v) is 11.1. The number of hydrogen-bond acceptors (Lipinski definition) is 4. The van der Waals surface area contributed by atoms with Gasteiger partial charge in [0, 0.05) is 12.0 Å². The van der Waals surface area contributed by atoms with Crippen molar-refractivity contribution in [3.05, 3.63) is 40.1 Å². The number of pyridine rings is 1. The van der Waals surface area contributed by atoms with Crippen LogP contribution in [0.2, 0.25) is 0 Å². The number of aliphatic carboxylic acids is 1. The molecule has 2 aromatic rings. The quantitative estimate of drug-likeness (QED) is 0.676. The molecular weight excluding hydrogens is 264 g/mol. The van der Waals surface area contributed by atoms with E-state index in [0.29, 0.717) is 11.4 Å². The van der Waals surface area contributed by atoms with E-state index in [2.05, 4.69) is 4.98 Å². The maximum atomic E-state index is 12.7. The van der Waals surface area contributed by atoms with E-state index >= 15 is 0 Å². The molecule has 0 aliphatic carbocycles. The summed E-state index contributed by atoms with van der Waals surface area (Å²) < 4.78 is 0.177. The van der Waals surface area contributed by atoms with Gasteiger partial charge in [-0.05, 0) is 24.4 Å². The minimum Gasteiger partial charge on any atom is -0.621 e. The maximum absolute atomic E-state index is 12.7. The average molecular weight is 276 g/mol. The minimum atomic E-state index is -1.04. The highest BCUT2D eigenvalue weighted by Gasteiger charge is 2.31. The molecule has 6 heteroatoms. The molecule has 0 saturated carbocycles. The molecule has 1 aliphatic heterocycles. The van der Waals surface area contributed by atoms with E-state index in [9.17, 15) is 10.0 Å². The van der Waals surface area contributed by atoms with Crippen LogP contribution in [-0.2, 0) is 11.2 Å². The van der Waals surface area contributed by atoms with E-state index in [4.69, 9.17) is 5.11 Å². The fraction of sp³-hybridized carbons (Fsp3) is 0.231. The fourth-order valence-electron chi connectivity index (χ4n) is 2.32. The van der Waals surface area contributed by atoms with E-state index in [-0.39, 0.29) is 18.5 Å². The number of hydroxylamine groups is 2. The predicted molar refractivity (Wildman–Crippen MR) is 74.7 cm³/mol.